The van der Waals surface area contributed by atoms with Crippen LogP contribution in [0.4, 0.5) is 13.2 Å². The molecule has 1 unspecified atom stereocenters. The van der Waals surface area contributed by atoms with Crippen LogP contribution in [-0.2, 0) is 10.3 Å². The van der Waals surface area contributed by atoms with Crippen LogP contribution in [-0.4, -0.2) is 19.4 Å². The summed E-state index contributed by atoms with van der Waals surface area (Å²) < 4.78 is 45.5. The van der Waals surface area contributed by atoms with Crippen molar-refractivity contribution in [3.8, 4) is 0 Å². The third kappa shape index (κ3) is 2.18. The molecular weight excluding hydrogens is 299 g/mol. The van der Waals surface area contributed by atoms with Gasteiger partial charge in [0.2, 0.25) is 0 Å². The Labute approximate surface area is 105 Å². The lowest BCUT2D eigenvalue weighted by Gasteiger charge is -2.31. The second-order valence-electron chi connectivity index (χ2n) is 3.70. The second-order valence-corrected chi connectivity index (χ2v) is 4.62. The Morgan fingerprint density at radius 1 is 1.41 bits per heavy atom. The van der Waals surface area contributed by atoms with Gasteiger partial charge in [-0.25, -0.2) is 18.2 Å². The fraction of sp³-hybridized carbons (Fsp3) is 0.364. The van der Waals surface area contributed by atoms with Crippen LogP contribution in [0.5, 0.6) is 0 Å². The van der Waals surface area contributed by atoms with Crippen LogP contribution in [0.2, 0.25) is 0 Å². The van der Waals surface area contributed by atoms with E-state index in [1.807, 2.05) is 0 Å². The minimum atomic E-state index is -2.79. The number of rotatable bonds is 2. The van der Waals surface area contributed by atoms with Gasteiger partial charge in [0.1, 0.15) is 5.82 Å². The minimum absolute atomic E-state index is 0.0471. The molecule has 0 radical (unpaired) electrons. The van der Waals surface area contributed by atoms with Crippen molar-refractivity contribution in [1.82, 2.24) is 0 Å². The molecule has 0 aromatic heterocycles. The number of halogens is 4. The predicted molar refractivity (Wildman–Crippen MR) is 60.8 cm³/mol. The molecule has 2 rings (SSSR count). The first kappa shape index (κ1) is 12.4. The molecule has 0 bridgehead atoms. The lowest BCUT2D eigenvalue weighted by molar-refractivity contribution is 0.0275. The van der Waals surface area contributed by atoms with Gasteiger partial charge in [-0.2, -0.15) is 0 Å². The van der Waals surface area contributed by atoms with E-state index in [0.717, 1.165) is 12.5 Å². The number of nitrogens with zero attached hydrogens (tertiary/aromatic N) is 1. The van der Waals surface area contributed by atoms with E-state index in [1.165, 1.54) is 12.1 Å². The van der Waals surface area contributed by atoms with Crippen molar-refractivity contribution in [3.05, 3.63) is 34.1 Å². The Bertz CT molecular complexity index is 452. The van der Waals surface area contributed by atoms with Gasteiger partial charge in [0.15, 0.2) is 11.9 Å². The number of hydrogen-bond donors (Lipinski definition) is 0. The molecule has 1 aromatic carbocycles. The summed E-state index contributed by atoms with van der Waals surface area (Å²) >= 11 is 3.14. The summed E-state index contributed by atoms with van der Waals surface area (Å²) in [6.45, 7) is 0.0970. The monoisotopic (exact) mass is 307 g/mol. The summed E-state index contributed by atoms with van der Waals surface area (Å²) in [4.78, 5) is 3.67. The predicted octanol–water partition coefficient (Wildman–Crippen LogP) is 3.50. The Hall–Kier alpha value is -1.04. The first-order valence-electron chi connectivity index (χ1n) is 4.95. The molecule has 1 aliphatic rings. The van der Waals surface area contributed by atoms with E-state index in [2.05, 4.69) is 20.9 Å². The average molecular weight is 308 g/mol. The third-order valence-electron chi connectivity index (χ3n) is 2.71. The van der Waals surface area contributed by atoms with Gasteiger partial charge in [-0.15, -0.1) is 0 Å². The molecule has 92 valence electrons. The standard InChI is InChI=1S/C11H9BrF3NO/c12-7-1-2-9(13)8(5-7)11(10(14)15)3-4-17-6-16-11/h1-2,5-6,10H,3-4H2. The zero-order valence-corrected chi connectivity index (χ0v) is 10.3. The molecule has 1 heterocycles. The molecule has 0 spiro atoms. The van der Waals surface area contributed by atoms with Crippen LogP contribution in [0, 0.1) is 5.82 Å². The average Bonchev–Trinajstić information content (AvgIpc) is 2.33. The highest BCUT2D eigenvalue weighted by atomic mass is 79.9. The Kier molecular flexibility index (Phi) is 3.42. The smallest absolute Gasteiger partial charge is 0.267 e. The Morgan fingerprint density at radius 2 is 2.18 bits per heavy atom. The van der Waals surface area contributed by atoms with Crippen molar-refractivity contribution in [2.45, 2.75) is 18.4 Å². The van der Waals surface area contributed by atoms with Gasteiger partial charge in [-0.1, -0.05) is 15.9 Å². The van der Waals surface area contributed by atoms with Gasteiger partial charge < -0.3 is 4.74 Å². The van der Waals surface area contributed by atoms with E-state index in [0.29, 0.717) is 4.47 Å². The number of alkyl halides is 2. The molecule has 1 aliphatic heterocycles. The van der Waals surface area contributed by atoms with Crippen molar-refractivity contribution < 1.29 is 17.9 Å². The van der Waals surface area contributed by atoms with Crippen LogP contribution in [0.25, 0.3) is 0 Å². The van der Waals surface area contributed by atoms with Gasteiger partial charge in [0.05, 0.1) is 6.61 Å². The molecule has 0 fully saturated rings. The highest BCUT2D eigenvalue weighted by molar-refractivity contribution is 9.10. The zero-order valence-electron chi connectivity index (χ0n) is 8.67. The third-order valence-corrected chi connectivity index (χ3v) is 3.21. The molecular formula is C11H9BrF3NO. The molecule has 17 heavy (non-hydrogen) atoms. The van der Waals surface area contributed by atoms with Crippen molar-refractivity contribution in [2.24, 2.45) is 4.99 Å². The van der Waals surface area contributed by atoms with E-state index < -0.39 is 17.8 Å². The normalized spacial score (nSPS) is 23.8. The lowest BCUT2D eigenvalue weighted by Crippen LogP contribution is -2.37. The molecule has 2 nitrogen and oxygen atoms in total. The number of ether oxygens (including phenoxy) is 1. The zero-order chi connectivity index (χ0) is 12.5. The van der Waals surface area contributed by atoms with Crippen LogP contribution in [0.15, 0.2) is 27.7 Å². The maximum Gasteiger partial charge on any atom is 0.267 e. The highest BCUT2D eigenvalue weighted by Crippen LogP contribution is 2.39. The summed E-state index contributed by atoms with van der Waals surface area (Å²) in [7, 11) is 0. The second kappa shape index (κ2) is 4.68. The molecule has 0 amide bonds. The fourth-order valence-corrected chi connectivity index (χ4v) is 2.14. The van der Waals surface area contributed by atoms with Crippen LogP contribution in [0.3, 0.4) is 0 Å². The Balaban J connectivity index is 2.56. The number of benzene rings is 1. The molecule has 1 aromatic rings. The highest BCUT2D eigenvalue weighted by Gasteiger charge is 2.44. The largest absolute Gasteiger partial charge is 0.483 e. The summed E-state index contributed by atoms with van der Waals surface area (Å²) in [5, 5.41) is 0. The summed E-state index contributed by atoms with van der Waals surface area (Å²) in [5.41, 5.74) is -1.95. The van der Waals surface area contributed by atoms with E-state index in [-0.39, 0.29) is 18.6 Å². The maximum atomic E-state index is 13.7. The first-order chi connectivity index (χ1) is 8.06. The number of aliphatic imine (C=N–C) groups is 1. The van der Waals surface area contributed by atoms with Gasteiger partial charge in [-0.05, 0) is 18.2 Å². The van der Waals surface area contributed by atoms with Crippen LogP contribution >= 0.6 is 15.9 Å². The van der Waals surface area contributed by atoms with Crippen molar-refractivity contribution in [3.63, 3.8) is 0 Å². The summed E-state index contributed by atoms with van der Waals surface area (Å²) in [6, 6.07) is 3.94. The summed E-state index contributed by atoms with van der Waals surface area (Å²) in [6.07, 6.45) is -1.86. The maximum absolute atomic E-state index is 13.7. The van der Waals surface area contributed by atoms with Crippen molar-refractivity contribution >= 4 is 22.3 Å². The molecule has 0 saturated heterocycles. The van der Waals surface area contributed by atoms with Crippen LogP contribution in [0.1, 0.15) is 12.0 Å². The fourth-order valence-electron chi connectivity index (χ4n) is 1.78. The first-order valence-corrected chi connectivity index (χ1v) is 5.74. The van der Waals surface area contributed by atoms with Crippen LogP contribution < -0.4 is 0 Å². The van der Waals surface area contributed by atoms with E-state index in [4.69, 9.17) is 4.74 Å². The molecule has 0 saturated carbocycles. The van der Waals surface area contributed by atoms with E-state index >= 15 is 0 Å². The molecule has 0 N–H and O–H groups in total. The van der Waals surface area contributed by atoms with Crippen molar-refractivity contribution in [1.29, 1.82) is 0 Å². The molecule has 1 atom stereocenters. The number of hydrogen-bond acceptors (Lipinski definition) is 2. The van der Waals surface area contributed by atoms with Gasteiger partial charge in [0, 0.05) is 16.5 Å². The van der Waals surface area contributed by atoms with Gasteiger partial charge in [-0.3, -0.25) is 0 Å². The molecule has 0 aliphatic carbocycles. The Morgan fingerprint density at radius 3 is 2.76 bits per heavy atom. The topological polar surface area (TPSA) is 21.6 Å². The summed E-state index contributed by atoms with van der Waals surface area (Å²) in [5.74, 6) is -0.687. The van der Waals surface area contributed by atoms with E-state index in [1.54, 1.807) is 0 Å². The quantitative estimate of drug-likeness (QED) is 0.819. The van der Waals surface area contributed by atoms with Gasteiger partial charge in [0.25, 0.3) is 6.43 Å². The molecule has 6 heteroatoms. The van der Waals surface area contributed by atoms with E-state index in [9.17, 15) is 13.2 Å². The van der Waals surface area contributed by atoms with Gasteiger partial charge >= 0.3 is 0 Å². The minimum Gasteiger partial charge on any atom is -0.483 e. The SMILES string of the molecule is Fc1ccc(Br)cc1C1(C(F)F)CCOC=N1. The van der Waals surface area contributed by atoms with Crippen molar-refractivity contribution in [2.75, 3.05) is 6.61 Å². The lowest BCUT2D eigenvalue weighted by atomic mass is 9.87.